The molecule has 21 heavy (non-hydrogen) atoms. The monoisotopic (exact) mass is 286 g/mol. The fourth-order valence-corrected chi connectivity index (χ4v) is 1.58. The van der Waals surface area contributed by atoms with Crippen LogP contribution in [0.1, 0.15) is 12.0 Å². The summed E-state index contributed by atoms with van der Waals surface area (Å²) in [6, 6.07) is 9.72. The highest BCUT2D eigenvalue weighted by Gasteiger charge is 2.07. The number of oxime groups is 1. The summed E-state index contributed by atoms with van der Waals surface area (Å²) < 4.78 is 12.9. The molecular formula is C15H15FN4O. The molecule has 0 aliphatic heterocycles. The first-order valence-corrected chi connectivity index (χ1v) is 6.17. The molecule has 0 aliphatic rings. The normalized spacial score (nSPS) is 9.76. The number of hydrogen-bond donors (Lipinski definition) is 0. The molecule has 0 atom stereocenters. The zero-order chi connectivity index (χ0) is 15.7. The van der Waals surface area contributed by atoms with Gasteiger partial charge in [-0.15, -0.1) is 0 Å². The van der Waals surface area contributed by atoms with E-state index in [-0.39, 0.29) is 18.0 Å². The van der Waals surface area contributed by atoms with Crippen molar-refractivity contribution in [2.45, 2.75) is 13.0 Å². The van der Waals surface area contributed by atoms with Gasteiger partial charge in [-0.3, -0.25) is 0 Å². The van der Waals surface area contributed by atoms with Crippen LogP contribution < -0.4 is 0 Å². The predicted octanol–water partition coefficient (Wildman–Crippen LogP) is 2.58. The van der Waals surface area contributed by atoms with Crippen LogP contribution in [0.25, 0.3) is 0 Å². The average molecular weight is 286 g/mol. The number of halogens is 1. The van der Waals surface area contributed by atoms with Crippen LogP contribution in [-0.4, -0.2) is 25.2 Å². The van der Waals surface area contributed by atoms with E-state index in [0.717, 1.165) is 0 Å². The quantitative estimate of drug-likeness (QED) is 0.458. The maximum Gasteiger partial charge on any atom is 0.149 e. The Balaban J connectivity index is 2.56. The van der Waals surface area contributed by atoms with Crippen LogP contribution in [0.5, 0.6) is 0 Å². The van der Waals surface area contributed by atoms with Crippen molar-refractivity contribution in [3.05, 3.63) is 46.9 Å². The third kappa shape index (κ3) is 5.33. The first kappa shape index (κ1) is 16.2. The summed E-state index contributed by atoms with van der Waals surface area (Å²) in [6.45, 7) is 0.151. The van der Waals surface area contributed by atoms with E-state index in [2.05, 4.69) is 5.16 Å². The SMILES string of the molecule is CN(C)C(CC=NOCc1cccc(F)c1)=C(C#N)C#N. The third-order valence-electron chi connectivity index (χ3n) is 2.61. The molecule has 1 aromatic rings. The van der Waals surface area contributed by atoms with Crippen LogP contribution in [0, 0.1) is 28.5 Å². The molecule has 0 saturated carbocycles. The summed E-state index contributed by atoms with van der Waals surface area (Å²) in [5.74, 6) is -0.328. The van der Waals surface area contributed by atoms with Crippen molar-refractivity contribution < 1.29 is 9.23 Å². The Labute approximate surface area is 123 Å². The molecule has 0 unspecified atom stereocenters. The minimum Gasteiger partial charge on any atom is -0.391 e. The lowest BCUT2D eigenvalue weighted by Gasteiger charge is -2.14. The van der Waals surface area contributed by atoms with Crippen LogP contribution in [0.15, 0.2) is 40.7 Å². The fraction of sp³-hybridized carbons (Fsp3) is 0.267. The molecule has 6 heteroatoms. The lowest BCUT2D eigenvalue weighted by Crippen LogP contribution is -2.13. The maximum absolute atomic E-state index is 12.9. The van der Waals surface area contributed by atoms with Gasteiger partial charge in [-0.05, 0) is 17.7 Å². The van der Waals surface area contributed by atoms with E-state index in [1.54, 1.807) is 31.1 Å². The van der Waals surface area contributed by atoms with Gasteiger partial charge < -0.3 is 9.74 Å². The lowest BCUT2D eigenvalue weighted by atomic mass is 10.2. The summed E-state index contributed by atoms with van der Waals surface area (Å²) in [4.78, 5) is 6.73. The summed E-state index contributed by atoms with van der Waals surface area (Å²) >= 11 is 0. The van der Waals surface area contributed by atoms with E-state index in [9.17, 15) is 4.39 Å². The van der Waals surface area contributed by atoms with Crippen molar-refractivity contribution in [1.82, 2.24) is 4.90 Å². The zero-order valence-electron chi connectivity index (χ0n) is 11.9. The Hall–Kier alpha value is -2.86. The first-order valence-electron chi connectivity index (χ1n) is 6.17. The molecule has 0 heterocycles. The van der Waals surface area contributed by atoms with Gasteiger partial charge in [-0.25, -0.2) is 4.39 Å². The number of hydrogen-bond acceptors (Lipinski definition) is 5. The van der Waals surface area contributed by atoms with Crippen LogP contribution >= 0.6 is 0 Å². The second kappa shape index (κ2) is 8.34. The Kier molecular flexibility index (Phi) is 6.43. The molecule has 0 bridgehead atoms. The van der Waals surface area contributed by atoms with Crippen molar-refractivity contribution in [1.29, 1.82) is 10.5 Å². The molecule has 0 N–H and O–H groups in total. The molecule has 108 valence electrons. The molecule has 0 amide bonds. The Morgan fingerprint density at radius 1 is 1.38 bits per heavy atom. The Bertz CT molecular complexity index is 607. The van der Waals surface area contributed by atoms with Crippen molar-refractivity contribution in [2.24, 2.45) is 5.16 Å². The molecule has 5 nitrogen and oxygen atoms in total. The zero-order valence-corrected chi connectivity index (χ0v) is 11.9. The van der Waals surface area contributed by atoms with E-state index < -0.39 is 0 Å². The van der Waals surface area contributed by atoms with Crippen LogP contribution in [-0.2, 0) is 11.4 Å². The van der Waals surface area contributed by atoms with Gasteiger partial charge in [0.25, 0.3) is 0 Å². The van der Waals surface area contributed by atoms with Gasteiger partial charge in [0.2, 0.25) is 0 Å². The molecule has 0 aliphatic carbocycles. The molecule has 1 aromatic carbocycles. The highest BCUT2D eigenvalue weighted by Crippen LogP contribution is 2.10. The average Bonchev–Trinajstić information content (AvgIpc) is 2.46. The number of nitriles is 2. The Morgan fingerprint density at radius 2 is 2.10 bits per heavy atom. The second-order valence-electron chi connectivity index (χ2n) is 4.34. The highest BCUT2D eigenvalue weighted by molar-refractivity contribution is 5.62. The maximum atomic E-state index is 12.9. The fourth-order valence-electron chi connectivity index (χ4n) is 1.58. The summed E-state index contributed by atoms with van der Waals surface area (Å²) in [7, 11) is 3.48. The van der Waals surface area contributed by atoms with Crippen LogP contribution in [0.3, 0.4) is 0 Å². The molecule has 1 rings (SSSR count). The van der Waals surface area contributed by atoms with Crippen molar-refractivity contribution >= 4 is 6.21 Å². The number of rotatable bonds is 6. The van der Waals surface area contributed by atoms with Crippen LogP contribution in [0.2, 0.25) is 0 Å². The largest absolute Gasteiger partial charge is 0.391 e. The molecular weight excluding hydrogens is 271 g/mol. The van der Waals surface area contributed by atoms with E-state index in [1.165, 1.54) is 18.3 Å². The molecule has 0 spiro atoms. The van der Waals surface area contributed by atoms with Gasteiger partial charge >= 0.3 is 0 Å². The summed E-state index contributed by atoms with van der Waals surface area (Å²) in [5, 5.41) is 21.5. The number of nitrogens with zero attached hydrogens (tertiary/aromatic N) is 4. The molecule has 0 radical (unpaired) electrons. The smallest absolute Gasteiger partial charge is 0.149 e. The topological polar surface area (TPSA) is 72.4 Å². The molecule has 0 aromatic heterocycles. The van der Waals surface area contributed by atoms with Crippen molar-refractivity contribution in [3.63, 3.8) is 0 Å². The van der Waals surface area contributed by atoms with Gasteiger partial charge in [-0.1, -0.05) is 17.3 Å². The van der Waals surface area contributed by atoms with Crippen molar-refractivity contribution in [2.75, 3.05) is 14.1 Å². The minimum absolute atomic E-state index is 0.0385. The molecule has 0 fully saturated rings. The highest BCUT2D eigenvalue weighted by atomic mass is 19.1. The van der Waals surface area contributed by atoms with E-state index >= 15 is 0 Å². The van der Waals surface area contributed by atoms with Crippen LogP contribution in [0.4, 0.5) is 4.39 Å². The number of benzene rings is 1. The van der Waals surface area contributed by atoms with Crippen molar-refractivity contribution in [3.8, 4) is 12.1 Å². The van der Waals surface area contributed by atoms with Gasteiger partial charge in [0.05, 0.1) is 0 Å². The van der Waals surface area contributed by atoms with E-state index in [4.69, 9.17) is 15.4 Å². The standard InChI is InChI=1S/C15H15FN4O/c1-20(2)15(13(9-17)10-18)6-7-19-21-11-12-4-3-5-14(16)8-12/h3-5,7-8H,6,11H2,1-2H3. The molecule has 0 saturated heterocycles. The van der Waals surface area contributed by atoms with Gasteiger partial charge in [0.15, 0.2) is 0 Å². The van der Waals surface area contributed by atoms with Gasteiger partial charge in [0.1, 0.15) is 30.1 Å². The second-order valence-corrected chi connectivity index (χ2v) is 4.34. The third-order valence-corrected chi connectivity index (χ3v) is 2.61. The predicted molar refractivity (Wildman–Crippen MR) is 76.2 cm³/mol. The lowest BCUT2D eigenvalue weighted by molar-refractivity contribution is 0.131. The Morgan fingerprint density at radius 3 is 2.67 bits per heavy atom. The summed E-state index contributed by atoms with van der Waals surface area (Å²) in [6.07, 6.45) is 1.76. The van der Waals surface area contributed by atoms with Gasteiger partial charge in [-0.2, -0.15) is 10.5 Å². The first-order chi connectivity index (χ1) is 10.1. The van der Waals surface area contributed by atoms with E-state index in [1.807, 2.05) is 12.1 Å². The minimum atomic E-state index is -0.328. The number of allylic oxidation sites excluding steroid dienone is 2. The van der Waals surface area contributed by atoms with Gasteiger partial charge in [0, 0.05) is 32.4 Å². The van der Waals surface area contributed by atoms with E-state index in [0.29, 0.717) is 17.7 Å². The summed E-state index contributed by atoms with van der Waals surface area (Å²) in [5.41, 5.74) is 1.26.